The minimum Gasteiger partial charge on any atom is -0.373 e. The van der Waals surface area contributed by atoms with Gasteiger partial charge < -0.3 is 10.1 Å². The number of rotatable bonds is 6. The van der Waals surface area contributed by atoms with E-state index in [1.807, 2.05) is 11.6 Å². The van der Waals surface area contributed by atoms with E-state index in [2.05, 4.69) is 31.2 Å². The number of nitrogens with one attached hydrogen (secondary N) is 1. The van der Waals surface area contributed by atoms with Crippen molar-refractivity contribution in [2.24, 2.45) is 5.92 Å². The maximum Gasteiger partial charge on any atom is 0.254 e. The van der Waals surface area contributed by atoms with E-state index in [4.69, 9.17) is 4.74 Å². The highest BCUT2D eigenvalue weighted by atomic mass is 16.5. The van der Waals surface area contributed by atoms with Gasteiger partial charge in [-0.25, -0.2) is 0 Å². The third-order valence-corrected chi connectivity index (χ3v) is 4.44. The highest BCUT2D eigenvalue weighted by Gasteiger charge is 2.28. The lowest BCUT2D eigenvalue weighted by atomic mass is 9.96. The van der Waals surface area contributed by atoms with E-state index in [0.717, 1.165) is 38.1 Å². The maximum atomic E-state index is 12.4. The molecule has 1 fully saturated rings. The lowest BCUT2D eigenvalue weighted by Gasteiger charge is -2.33. The second-order valence-corrected chi connectivity index (χ2v) is 6.99. The molecule has 0 bridgehead atoms. The Balaban J connectivity index is 1.92. The molecule has 0 saturated carbocycles. The molecule has 1 saturated heterocycles. The number of aromatic nitrogens is 2. The largest absolute Gasteiger partial charge is 0.373 e. The van der Waals surface area contributed by atoms with Gasteiger partial charge >= 0.3 is 0 Å². The Labute approximate surface area is 133 Å². The van der Waals surface area contributed by atoms with Gasteiger partial charge in [0.25, 0.3) is 5.91 Å². The molecule has 1 aromatic rings. The van der Waals surface area contributed by atoms with Gasteiger partial charge in [-0.1, -0.05) is 13.8 Å². The lowest BCUT2D eigenvalue weighted by Crippen LogP contribution is -2.44. The van der Waals surface area contributed by atoms with E-state index in [1.165, 1.54) is 6.42 Å². The number of hydrogen-bond donors (Lipinski definition) is 1. The molecule has 1 aliphatic heterocycles. The van der Waals surface area contributed by atoms with Crippen molar-refractivity contribution in [3.63, 3.8) is 0 Å². The molecular formula is C17H29N3O2. The average molecular weight is 307 g/mol. The summed E-state index contributed by atoms with van der Waals surface area (Å²) >= 11 is 0. The van der Waals surface area contributed by atoms with Crippen molar-refractivity contribution in [1.82, 2.24) is 15.1 Å². The molecule has 124 valence electrons. The fourth-order valence-corrected chi connectivity index (χ4v) is 2.77. The van der Waals surface area contributed by atoms with E-state index in [0.29, 0.717) is 18.0 Å². The summed E-state index contributed by atoms with van der Waals surface area (Å²) in [5.74, 6) is 0.577. The Bertz CT molecular complexity index is 502. The minimum absolute atomic E-state index is 0.0521. The molecule has 1 aromatic heterocycles. The first kappa shape index (κ1) is 17.0. The van der Waals surface area contributed by atoms with Gasteiger partial charge in [-0.15, -0.1) is 0 Å². The highest BCUT2D eigenvalue weighted by Crippen LogP contribution is 2.23. The summed E-state index contributed by atoms with van der Waals surface area (Å²) < 4.78 is 7.74. The molecule has 0 aromatic carbocycles. The first-order chi connectivity index (χ1) is 10.4. The molecule has 1 unspecified atom stereocenters. The molecular weight excluding hydrogens is 278 g/mol. The molecule has 5 heteroatoms. The molecule has 1 atom stereocenters. The predicted octanol–water partition coefficient (Wildman–Crippen LogP) is 2.93. The molecule has 2 heterocycles. The topological polar surface area (TPSA) is 56.1 Å². The van der Waals surface area contributed by atoms with E-state index in [-0.39, 0.29) is 11.5 Å². The Morgan fingerprint density at radius 2 is 2.27 bits per heavy atom. The Morgan fingerprint density at radius 1 is 1.50 bits per heavy atom. The monoisotopic (exact) mass is 307 g/mol. The van der Waals surface area contributed by atoms with Crippen molar-refractivity contribution in [1.29, 1.82) is 0 Å². The first-order valence-corrected chi connectivity index (χ1v) is 8.36. The number of carbonyl (C=O) groups is 1. The first-order valence-electron chi connectivity index (χ1n) is 8.36. The number of hydrogen-bond acceptors (Lipinski definition) is 3. The minimum atomic E-state index is -0.227. The van der Waals surface area contributed by atoms with Crippen LogP contribution in [-0.2, 0) is 11.3 Å². The summed E-state index contributed by atoms with van der Waals surface area (Å²) in [6.07, 6.45) is 6.02. The van der Waals surface area contributed by atoms with Crippen LogP contribution in [0.3, 0.4) is 0 Å². The summed E-state index contributed by atoms with van der Waals surface area (Å²) in [6, 6.07) is 0. The van der Waals surface area contributed by atoms with Gasteiger partial charge in [0.05, 0.1) is 17.4 Å². The normalized spacial score (nSPS) is 22.0. The molecule has 22 heavy (non-hydrogen) atoms. The van der Waals surface area contributed by atoms with Crippen LogP contribution >= 0.6 is 0 Å². The Morgan fingerprint density at radius 3 is 2.91 bits per heavy atom. The molecule has 1 aliphatic rings. The zero-order valence-corrected chi connectivity index (χ0v) is 14.3. The van der Waals surface area contributed by atoms with Crippen LogP contribution in [0.1, 0.15) is 62.5 Å². The summed E-state index contributed by atoms with van der Waals surface area (Å²) in [7, 11) is 0. The van der Waals surface area contributed by atoms with Crippen LogP contribution < -0.4 is 5.32 Å². The van der Waals surface area contributed by atoms with Crippen LogP contribution in [0.25, 0.3) is 0 Å². The third kappa shape index (κ3) is 4.32. The standard InChI is InChI=1S/C17H29N3O2/c1-13(2)7-9-20-14(3)15(11-19-20)16(21)18-12-17(4)8-5-6-10-22-17/h11,13H,5-10,12H2,1-4H3,(H,18,21). The van der Waals surface area contributed by atoms with Crippen LogP contribution in [0.4, 0.5) is 0 Å². The summed E-state index contributed by atoms with van der Waals surface area (Å²) in [4.78, 5) is 12.4. The van der Waals surface area contributed by atoms with Crippen LogP contribution in [0, 0.1) is 12.8 Å². The van der Waals surface area contributed by atoms with Crippen molar-refractivity contribution in [3.05, 3.63) is 17.5 Å². The quantitative estimate of drug-likeness (QED) is 0.879. The highest BCUT2D eigenvalue weighted by molar-refractivity contribution is 5.95. The van der Waals surface area contributed by atoms with Crippen LogP contribution in [0.2, 0.25) is 0 Å². The summed E-state index contributed by atoms with van der Waals surface area (Å²) in [5.41, 5.74) is 1.38. The van der Waals surface area contributed by atoms with Crippen LogP contribution in [-0.4, -0.2) is 34.4 Å². The fraction of sp³-hybridized carbons (Fsp3) is 0.765. The number of amides is 1. The molecule has 5 nitrogen and oxygen atoms in total. The van der Waals surface area contributed by atoms with Gasteiger partial charge in [-0.05, 0) is 45.4 Å². The van der Waals surface area contributed by atoms with Gasteiger partial charge in [0, 0.05) is 25.4 Å². The molecule has 0 spiro atoms. The van der Waals surface area contributed by atoms with Crippen molar-refractivity contribution >= 4 is 5.91 Å². The molecule has 1 N–H and O–H groups in total. The van der Waals surface area contributed by atoms with Crippen molar-refractivity contribution in [2.75, 3.05) is 13.2 Å². The van der Waals surface area contributed by atoms with Gasteiger partial charge in [-0.2, -0.15) is 5.10 Å². The maximum absolute atomic E-state index is 12.4. The smallest absolute Gasteiger partial charge is 0.254 e. The molecule has 0 aliphatic carbocycles. The number of ether oxygens (including phenoxy) is 1. The van der Waals surface area contributed by atoms with E-state index in [9.17, 15) is 4.79 Å². The molecule has 1 amide bonds. The molecule has 2 rings (SSSR count). The number of carbonyl (C=O) groups excluding carboxylic acids is 1. The second kappa shape index (κ2) is 7.27. The second-order valence-electron chi connectivity index (χ2n) is 6.99. The van der Waals surface area contributed by atoms with E-state index in [1.54, 1.807) is 6.20 Å². The van der Waals surface area contributed by atoms with Gasteiger partial charge in [0.1, 0.15) is 0 Å². The third-order valence-electron chi connectivity index (χ3n) is 4.44. The Hall–Kier alpha value is -1.36. The fourth-order valence-electron chi connectivity index (χ4n) is 2.77. The summed E-state index contributed by atoms with van der Waals surface area (Å²) in [6.45, 7) is 10.6. The van der Waals surface area contributed by atoms with E-state index < -0.39 is 0 Å². The van der Waals surface area contributed by atoms with Crippen molar-refractivity contribution in [2.45, 2.75) is 65.5 Å². The zero-order valence-electron chi connectivity index (χ0n) is 14.3. The predicted molar refractivity (Wildman–Crippen MR) is 87.0 cm³/mol. The van der Waals surface area contributed by atoms with Crippen LogP contribution in [0.15, 0.2) is 6.20 Å². The van der Waals surface area contributed by atoms with E-state index >= 15 is 0 Å². The van der Waals surface area contributed by atoms with Gasteiger partial charge in [0.2, 0.25) is 0 Å². The van der Waals surface area contributed by atoms with Crippen molar-refractivity contribution in [3.8, 4) is 0 Å². The zero-order chi connectivity index (χ0) is 16.2. The SMILES string of the molecule is Cc1c(C(=O)NCC2(C)CCCCO2)cnn1CCC(C)C. The average Bonchev–Trinajstić information content (AvgIpc) is 2.85. The Kier molecular flexibility index (Phi) is 5.62. The lowest BCUT2D eigenvalue weighted by molar-refractivity contribution is -0.0619. The number of nitrogens with zero attached hydrogens (tertiary/aromatic N) is 2. The van der Waals surface area contributed by atoms with Crippen LogP contribution in [0.5, 0.6) is 0 Å². The van der Waals surface area contributed by atoms with Gasteiger partial charge in [-0.3, -0.25) is 9.48 Å². The summed E-state index contributed by atoms with van der Waals surface area (Å²) in [5, 5.41) is 7.36. The molecule has 0 radical (unpaired) electrons. The van der Waals surface area contributed by atoms with Gasteiger partial charge in [0.15, 0.2) is 0 Å². The number of aryl methyl sites for hydroxylation is 1. The van der Waals surface area contributed by atoms with Crippen molar-refractivity contribution < 1.29 is 9.53 Å².